The zero-order valence-electron chi connectivity index (χ0n) is 13.1. The van der Waals surface area contributed by atoms with Crippen molar-refractivity contribution in [1.29, 1.82) is 0 Å². The first-order valence-corrected chi connectivity index (χ1v) is 8.35. The number of rotatable bonds is 3. The monoisotopic (exact) mass is 300 g/mol. The van der Waals surface area contributed by atoms with Gasteiger partial charge in [0.05, 0.1) is 11.6 Å². The number of aromatic nitrogens is 1. The SMILES string of the molecule is Cn1ccc2c(OC3CCN(C4CCC4O)CC3)cccc21. The summed E-state index contributed by atoms with van der Waals surface area (Å²) >= 11 is 0. The quantitative estimate of drug-likeness (QED) is 0.946. The van der Waals surface area contributed by atoms with Crippen LogP contribution in [0.15, 0.2) is 30.5 Å². The maximum absolute atomic E-state index is 9.81. The van der Waals surface area contributed by atoms with Gasteiger partial charge in [0, 0.05) is 37.8 Å². The number of hydrogen-bond donors (Lipinski definition) is 1. The molecule has 2 heterocycles. The molecule has 1 aliphatic carbocycles. The summed E-state index contributed by atoms with van der Waals surface area (Å²) < 4.78 is 8.41. The number of ether oxygens (including phenoxy) is 1. The van der Waals surface area contributed by atoms with E-state index in [2.05, 4.69) is 47.0 Å². The highest BCUT2D eigenvalue weighted by atomic mass is 16.5. The van der Waals surface area contributed by atoms with Gasteiger partial charge in [-0.15, -0.1) is 0 Å². The number of nitrogens with zero attached hydrogens (tertiary/aromatic N) is 2. The van der Waals surface area contributed by atoms with E-state index in [1.54, 1.807) is 0 Å². The van der Waals surface area contributed by atoms with Crippen molar-refractivity contribution in [1.82, 2.24) is 9.47 Å². The van der Waals surface area contributed by atoms with E-state index >= 15 is 0 Å². The normalized spacial score (nSPS) is 27.0. The van der Waals surface area contributed by atoms with Gasteiger partial charge in [0.15, 0.2) is 0 Å². The molecule has 1 N–H and O–H groups in total. The molecule has 0 amide bonds. The van der Waals surface area contributed by atoms with Crippen LogP contribution >= 0.6 is 0 Å². The molecule has 1 aromatic carbocycles. The Morgan fingerprint density at radius 2 is 1.91 bits per heavy atom. The van der Waals surface area contributed by atoms with E-state index < -0.39 is 0 Å². The summed E-state index contributed by atoms with van der Waals surface area (Å²) in [4.78, 5) is 2.44. The van der Waals surface area contributed by atoms with E-state index in [1.165, 1.54) is 10.9 Å². The highest BCUT2D eigenvalue weighted by Crippen LogP contribution is 2.31. The van der Waals surface area contributed by atoms with Crippen LogP contribution in [0.4, 0.5) is 0 Å². The molecule has 2 aliphatic rings. The average Bonchev–Trinajstić information content (AvgIpc) is 2.90. The highest BCUT2D eigenvalue weighted by molar-refractivity contribution is 5.86. The summed E-state index contributed by atoms with van der Waals surface area (Å²) in [5.41, 5.74) is 1.22. The minimum Gasteiger partial charge on any atom is -0.490 e. The third-order valence-corrected chi connectivity index (χ3v) is 5.33. The molecular weight excluding hydrogens is 276 g/mol. The third-order valence-electron chi connectivity index (χ3n) is 5.33. The first-order valence-electron chi connectivity index (χ1n) is 8.35. The van der Waals surface area contributed by atoms with Crippen LogP contribution in [0.25, 0.3) is 10.9 Å². The van der Waals surface area contributed by atoms with Crippen molar-refractivity contribution < 1.29 is 9.84 Å². The van der Waals surface area contributed by atoms with E-state index in [0.29, 0.717) is 12.1 Å². The van der Waals surface area contributed by atoms with Gasteiger partial charge in [-0.05, 0) is 43.9 Å². The lowest BCUT2D eigenvalue weighted by atomic mass is 9.86. The maximum atomic E-state index is 9.81. The Balaban J connectivity index is 1.42. The predicted octanol–water partition coefficient (Wildman–Crippen LogP) is 2.54. The minimum absolute atomic E-state index is 0.101. The van der Waals surface area contributed by atoms with E-state index in [1.807, 2.05) is 0 Å². The van der Waals surface area contributed by atoms with E-state index in [4.69, 9.17) is 4.74 Å². The lowest BCUT2D eigenvalue weighted by Crippen LogP contribution is -2.54. The second-order valence-corrected chi connectivity index (χ2v) is 6.68. The van der Waals surface area contributed by atoms with Gasteiger partial charge >= 0.3 is 0 Å². The van der Waals surface area contributed by atoms with E-state index in [0.717, 1.165) is 44.5 Å². The van der Waals surface area contributed by atoms with Gasteiger partial charge in [0.25, 0.3) is 0 Å². The topological polar surface area (TPSA) is 37.6 Å². The number of hydrogen-bond acceptors (Lipinski definition) is 3. The highest BCUT2D eigenvalue weighted by Gasteiger charge is 2.36. The molecule has 0 spiro atoms. The van der Waals surface area contributed by atoms with Gasteiger partial charge in [-0.25, -0.2) is 0 Å². The smallest absolute Gasteiger partial charge is 0.129 e. The molecule has 2 aromatic rings. The third kappa shape index (κ3) is 2.40. The molecule has 4 rings (SSSR count). The number of aliphatic hydroxyl groups is 1. The second kappa shape index (κ2) is 5.60. The maximum Gasteiger partial charge on any atom is 0.129 e. The largest absolute Gasteiger partial charge is 0.490 e. The fourth-order valence-corrected chi connectivity index (χ4v) is 3.77. The lowest BCUT2D eigenvalue weighted by molar-refractivity contribution is -0.0406. The van der Waals surface area contributed by atoms with Crippen molar-refractivity contribution in [2.45, 2.75) is 43.9 Å². The Morgan fingerprint density at radius 3 is 2.59 bits per heavy atom. The molecule has 0 bridgehead atoms. The minimum atomic E-state index is -0.101. The Labute approximate surface area is 131 Å². The average molecular weight is 300 g/mol. The van der Waals surface area contributed by atoms with Crippen molar-refractivity contribution in [3.63, 3.8) is 0 Å². The van der Waals surface area contributed by atoms with E-state index in [-0.39, 0.29) is 6.10 Å². The molecule has 2 unspecified atom stereocenters. The standard InChI is InChI=1S/C18H24N2O2/c1-19-10-9-14-15(19)3-2-4-18(14)22-13-7-11-20(12-8-13)16-5-6-17(16)21/h2-4,9-10,13,16-17,21H,5-8,11-12H2,1H3. The van der Waals surface area contributed by atoms with Crippen molar-refractivity contribution >= 4 is 10.9 Å². The van der Waals surface area contributed by atoms with Gasteiger partial charge in [0.1, 0.15) is 11.9 Å². The molecule has 118 valence electrons. The summed E-state index contributed by atoms with van der Waals surface area (Å²) in [5, 5.41) is 11.0. The summed E-state index contributed by atoms with van der Waals surface area (Å²) in [7, 11) is 2.06. The molecule has 2 fully saturated rings. The summed E-state index contributed by atoms with van der Waals surface area (Å²) in [6.07, 6.45) is 6.49. The molecule has 4 nitrogen and oxygen atoms in total. The number of aryl methyl sites for hydroxylation is 1. The van der Waals surface area contributed by atoms with Crippen molar-refractivity contribution in [2.24, 2.45) is 7.05 Å². The number of benzene rings is 1. The first-order chi connectivity index (χ1) is 10.7. The first kappa shape index (κ1) is 14.1. The van der Waals surface area contributed by atoms with Gasteiger partial charge in [-0.3, -0.25) is 4.90 Å². The predicted molar refractivity (Wildman–Crippen MR) is 87.2 cm³/mol. The van der Waals surface area contributed by atoms with Crippen molar-refractivity contribution in [3.8, 4) is 5.75 Å². The summed E-state index contributed by atoms with van der Waals surface area (Å²) in [6, 6.07) is 8.80. The molecule has 2 atom stereocenters. The Hall–Kier alpha value is -1.52. The van der Waals surface area contributed by atoms with Crippen LogP contribution in [-0.4, -0.2) is 45.9 Å². The van der Waals surface area contributed by atoms with Crippen LogP contribution in [0.1, 0.15) is 25.7 Å². The molecule has 22 heavy (non-hydrogen) atoms. The van der Waals surface area contributed by atoms with Crippen LogP contribution in [0.3, 0.4) is 0 Å². The summed E-state index contributed by atoms with van der Waals surface area (Å²) in [5.74, 6) is 1.00. The lowest BCUT2D eigenvalue weighted by Gasteiger charge is -2.44. The summed E-state index contributed by atoms with van der Waals surface area (Å²) in [6.45, 7) is 2.08. The second-order valence-electron chi connectivity index (χ2n) is 6.68. The molecule has 1 saturated carbocycles. The van der Waals surface area contributed by atoms with Crippen molar-refractivity contribution in [3.05, 3.63) is 30.5 Å². The molecule has 0 radical (unpaired) electrons. The molecule has 1 saturated heterocycles. The fraction of sp³-hybridized carbons (Fsp3) is 0.556. The number of likely N-dealkylation sites (tertiary alicyclic amines) is 1. The Bertz CT molecular complexity index is 658. The van der Waals surface area contributed by atoms with Gasteiger partial charge < -0.3 is 14.4 Å². The number of piperidine rings is 1. The molecule has 1 aromatic heterocycles. The van der Waals surface area contributed by atoms with Crippen LogP contribution in [0.5, 0.6) is 5.75 Å². The fourth-order valence-electron chi connectivity index (χ4n) is 3.77. The van der Waals surface area contributed by atoms with Gasteiger partial charge in [-0.2, -0.15) is 0 Å². The van der Waals surface area contributed by atoms with Gasteiger partial charge in [0.2, 0.25) is 0 Å². The van der Waals surface area contributed by atoms with Crippen molar-refractivity contribution in [2.75, 3.05) is 13.1 Å². The van der Waals surface area contributed by atoms with Crippen LogP contribution in [0.2, 0.25) is 0 Å². The van der Waals surface area contributed by atoms with Crippen LogP contribution in [-0.2, 0) is 7.05 Å². The van der Waals surface area contributed by atoms with Gasteiger partial charge in [-0.1, -0.05) is 6.07 Å². The Morgan fingerprint density at radius 1 is 1.09 bits per heavy atom. The molecular formula is C18H24N2O2. The Kier molecular flexibility index (Phi) is 3.59. The van der Waals surface area contributed by atoms with Crippen LogP contribution in [0, 0.1) is 0 Å². The zero-order chi connectivity index (χ0) is 15.1. The number of fused-ring (bicyclic) bond motifs is 1. The zero-order valence-corrected chi connectivity index (χ0v) is 13.1. The molecule has 4 heteroatoms. The molecule has 1 aliphatic heterocycles. The number of aliphatic hydroxyl groups excluding tert-OH is 1. The van der Waals surface area contributed by atoms with E-state index in [9.17, 15) is 5.11 Å². The van der Waals surface area contributed by atoms with Crippen LogP contribution < -0.4 is 4.74 Å².